The zero-order chi connectivity index (χ0) is 16.0. The highest BCUT2D eigenvalue weighted by Crippen LogP contribution is 2.29. The maximum atomic E-state index is 12.9. The molecule has 1 heterocycles. The molecule has 0 bridgehead atoms. The smallest absolute Gasteiger partial charge is 0.445 e. The average Bonchev–Trinajstić information content (AvgIpc) is 2.51. The second kappa shape index (κ2) is 7.49. The Balaban J connectivity index is 1.77. The number of hydrogen-bond acceptors (Lipinski definition) is 3. The lowest BCUT2D eigenvalue weighted by atomic mass is 10.0. The molecule has 2 rings (SSSR count). The van der Waals surface area contributed by atoms with Crippen LogP contribution >= 0.6 is 0 Å². The van der Waals surface area contributed by atoms with E-state index in [9.17, 15) is 18.0 Å². The number of hydrogen-bond donors (Lipinski definition) is 1. The third-order valence-corrected chi connectivity index (χ3v) is 3.65. The molecule has 0 saturated carbocycles. The molecule has 0 radical (unpaired) electrons. The third kappa shape index (κ3) is 4.91. The molecule has 0 aliphatic carbocycles. The van der Waals surface area contributed by atoms with Crippen LogP contribution < -0.4 is 5.32 Å². The molecule has 0 aromatic heterocycles. The second-order valence-corrected chi connectivity index (χ2v) is 5.25. The van der Waals surface area contributed by atoms with Crippen molar-refractivity contribution in [2.24, 2.45) is 0 Å². The number of halogens is 3. The van der Waals surface area contributed by atoms with Crippen LogP contribution in [0.25, 0.3) is 0 Å². The molecule has 1 fully saturated rings. The number of nitrogens with one attached hydrogen (secondary N) is 1. The average molecular weight is 316 g/mol. The van der Waals surface area contributed by atoms with Gasteiger partial charge in [0.15, 0.2) is 0 Å². The minimum Gasteiger partial charge on any atom is -0.445 e. The van der Waals surface area contributed by atoms with E-state index in [1.807, 2.05) is 18.2 Å². The number of piperidine rings is 1. The topological polar surface area (TPSA) is 41.6 Å². The summed E-state index contributed by atoms with van der Waals surface area (Å²) in [5.74, 6) is 0. The molecule has 22 heavy (non-hydrogen) atoms. The Kier molecular flexibility index (Phi) is 5.65. The summed E-state index contributed by atoms with van der Waals surface area (Å²) in [6, 6.07) is 8.37. The van der Waals surface area contributed by atoms with Crippen LogP contribution in [0.15, 0.2) is 30.3 Å². The Morgan fingerprint density at radius 2 is 2.00 bits per heavy atom. The summed E-state index contributed by atoms with van der Waals surface area (Å²) < 4.78 is 43.6. The van der Waals surface area contributed by atoms with Crippen molar-refractivity contribution in [1.29, 1.82) is 0 Å². The van der Waals surface area contributed by atoms with E-state index >= 15 is 0 Å². The molecule has 1 aliphatic heterocycles. The summed E-state index contributed by atoms with van der Waals surface area (Å²) in [6.45, 7) is 0.0162. The van der Waals surface area contributed by atoms with E-state index in [0.717, 1.165) is 12.0 Å². The van der Waals surface area contributed by atoms with Crippen molar-refractivity contribution in [2.45, 2.75) is 38.2 Å². The van der Waals surface area contributed by atoms with Gasteiger partial charge in [0.1, 0.15) is 6.61 Å². The molecule has 0 spiro atoms. The fourth-order valence-corrected chi connectivity index (χ4v) is 2.52. The van der Waals surface area contributed by atoms with Gasteiger partial charge in [-0.3, -0.25) is 0 Å². The Morgan fingerprint density at radius 1 is 1.27 bits per heavy atom. The van der Waals surface area contributed by atoms with E-state index < -0.39 is 18.4 Å². The first-order chi connectivity index (χ1) is 10.5. The number of ether oxygens (including phenoxy) is 1. The molecule has 1 aromatic rings. The van der Waals surface area contributed by atoms with Crippen LogP contribution in [0.1, 0.15) is 24.8 Å². The van der Waals surface area contributed by atoms with Crippen molar-refractivity contribution in [3.63, 3.8) is 0 Å². The number of alkyl halides is 3. The van der Waals surface area contributed by atoms with E-state index in [-0.39, 0.29) is 19.7 Å². The van der Waals surface area contributed by atoms with Gasteiger partial charge in [-0.1, -0.05) is 36.8 Å². The van der Waals surface area contributed by atoms with Crippen LogP contribution in [0.4, 0.5) is 18.0 Å². The number of rotatable bonds is 4. The highest BCUT2D eigenvalue weighted by atomic mass is 19.4. The zero-order valence-electron chi connectivity index (χ0n) is 12.1. The molecule has 1 aromatic carbocycles. The van der Waals surface area contributed by atoms with Gasteiger partial charge in [0.25, 0.3) is 0 Å². The van der Waals surface area contributed by atoms with Crippen LogP contribution in [0.5, 0.6) is 0 Å². The van der Waals surface area contributed by atoms with Crippen LogP contribution in [0.2, 0.25) is 0 Å². The van der Waals surface area contributed by atoms with Gasteiger partial charge in [-0.25, -0.2) is 9.69 Å². The molecule has 1 N–H and O–H groups in total. The van der Waals surface area contributed by atoms with Gasteiger partial charge in [0, 0.05) is 19.1 Å². The lowest BCUT2D eigenvalue weighted by Gasteiger charge is -2.36. The number of alkyl carbamates (subject to hydrolysis) is 1. The monoisotopic (exact) mass is 316 g/mol. The largest absolute Gasteiger partial charge is 0.460 e. The second-order valence-electron chi connectivity index (χ2n) is 5.25. The maximum Gasteiger partial charge on any atom is 0.460 e. The fourth-order valence-electron chi connectivity index (χ4n) is 2.52. The van der Waals surface area contributed by atoms with E-state index in [0.29, 0.717) is 17.7 Å². The molecule has 7 heteroatoms. The summed E-state index contributed by atoms with van der Waals surface area (Å²) in [5, 5.41) is 2.42. The van der Waals surface area contributed by atoms with Crippen LogP contribution in [-0.2, 0) is 11.3 Å². The summed E-state index contributed by atoms with van der Waals surface area (Å²) >= 11 is 0. The molecular weight excluding hydrogens is 297 g/mol. The van der Waals surface area contributed by atoms with Gasteiger partial charge in [-0.15, -0.1) is 0 Å². The van der Waals surface area contributed by atoms with E-state index in [1.165, 1.54) is 0 Å². The lowest BCUT2D eigenvalue weighted by molar-refractivity contribution is -0.263. The number of benzene rings is 1. The first-order valence-corrected chi connectivity index (χ1v) is 7.25. The van der Waals surface area contributed by atoms with E-state index in [1.54, 1.807) is 12.1 Å². The minimum atomic E-state index is -4.36. The third-order valence-electron chi connectivity index (χ3n) is 3.65. The summed E-state index contributed by atoms with van der Waals surface area (Å²) in [6.07, 6.45) is -3.39. The van der Waals surface area contributed by atoms with Crippen molar-refractivity contribution < 1.29 is 22.7 Å². The molecular formula is C15H19F3N2O2. The number of carbonyl (C=O) groups is 1. The van der Waals surface area contributed by atoms with E-state index in [2.05, 4.69) is 5.32 Å². The predicted octanol–water partition coefficient (Wildman–Crippen LogP) is 3.29. The van der Waals surface area contributed by atoms with Gasteiger partial charge in [0.05, 0.1) is 0 Å². The van der Waals surface area contributed by atoms with Gasteiger partial charge < -0.3 is 10.1 Å². The van der Waals surface area contributed by atoms with Crippen molar-refractivity contribution >= 4 is 6.09 Å². The standard InChI is InChI=1S/C15H19F3N2O2/c16-15(17,18)20-9-5-4-8-13(20)10-19-14(21)22-11-12-6-2-1-3-7-12/h1-3,6-7,13H,4-5,8-11H2,(H,19,21)/t13-/m1/s1. The Bertz CT molecular complexity index is 479. The fraction of sp³-hybridized carbons (Fsp3) is 0.533. The van der Waals surface area contributed by atoms with Gasteiger partial charge in [-0.2, -0.15) is 13.2 Å². The Morgan fingerprint density at radius 3 is 2.68 bits per heavy atom. The number of carbonyl (C=O) groups excluding carboxylic acids is 1. The molecule has 1 amide bonds. The van der Waals surface area contributed by atoms with Crippen molar-refractivity contribution in [3.8, 4) is 0 Å². The molecule has 0 unspecified atom stereocenters. The van der Waals surface area contributed by atoms with Gasteiger partial charge in [-0.05, 0) is 18.4 Å². The van der Waals surface area contributed by atoms with Crippen LogP contribution in [0, 0.1) is 0 Å². The Hall–Kier alpha value is -1.76. The van der Waals surface area contributed by atoms with Crippen molar-refractivity contribution in [2.75, 3.05) is 13.1 Å². The lowest BCUT2D eigenvalue weighted by Crippen LogP contribution is -2.52. The van der Waals surface area contributed by atoms with Crippen LogP contribution in [-0.4, -0.2) is 36.4 Å². The highest BCUT2D eigenvalue weighted by molar-refractivity contribution is 5.67. The van der Waals surface area contributed by atoms with Crippen molar-refractivity contribution in [3.05, 3.63) is 35.9 Å². The van der Waals surface area contributed by atoms with Crippen molar-refractivity contribution in [1.82, 2.24) is 10.2 Å². The minimum absolute atomic E-state index is 0.0189. The number of amides is 1. The SMILES string of the molecule is O=C(NC[C@H]1CCCCN1C(F)(F)F)OCc1ccccc1. The normalized spacial score (nSPS) is 19.7. The quantitative estimate of drug-likeness (QED) is 0.867. The van der Waals surface area contributed by atoms with E-state index in [4.69, 9.17) is 4.74 Å². The molecule has 1 atom stereocenters. The summed E-state index contributed by atoms with van der Waals surface area (Å²) in [5.41, 5.74) is 0.826. The molecule has 4 nitrogen and oxygen atoms in total. The molecule has 1 aliphatic rings. The maximum absolute atomic E-state index is 12.9. The zero-order valence-corrected chi connectivity index (χ0v) is 12.1. The highest BCUT2D eigenvalue weighted by Gasteiger charge is 2.42. The molecule has 122 valence electrons. The summed E-state index contributed by atoms with van der Waals surface area (Å²) in [4.78, 5) is 12.1. The number of likely N-dealkylation sites (tertiary alicyclic amines) is 1. The number of nitrogens with zero attached hydrogens (tertiary/aromatic N) is 1. The predicted molar refractivity (Wildman–Crippen MR) is 75.0 cm³/mol. The first kappa shape index (κ1) is 16.6. The van der Waals surface area contributed by atoms with Crippen LogP contribution in [0.3, 0.4) is 0 Å². The van der Waals surface area contributed by atoms with Gasteiger partial charge in [0.2, 0.25) is 0 Å². The Labute approximate surface area is 127 Å². The summed E-state index contributed by atoms with van der Waals surface area (Å²) in [7, 11) is 0. The van der Waals surface area contributed by atoms with Gasteiger partial charge >= 0.3 is 12.4 Å². The first-order valence-electron chi connectivity index (χ1n) is 7.25. The molecule has 1 saturated heterocycles.